The van der Waals surface area contributed by atoms with Crippen LogP contribution >= 0.6 is 11.6 Å². The molecule has 2 aromatic heterocycles. The molecule has 0 fully saturated rings. The van der Waals surface area contributed by atoms with Gasteiger partial charge in [-0.25, -0.2) is 4.98 Å². The van der Waals surface area contributed by atoms with Crippen LogP contribution in [0.15, 0.2) is 54.7 Å². The molecule has 0 radical (unpaired) electrons. The van der Waals surface area contributed by atoms with E-state index in [0.717, 1.165) is 18.5 Å². The number of benzene rings is 2. The molecular formula is C24H24ClN3. The van der Waals surface area contributed by atoms with E-state index in [4.69, 9.17) is 11.6 Å². The lowest BCUT2D eigenvalue weighted by molar-refractivity contribution is 0.584. The maximum atomic E-state index is 6.17. The fourth-order valence-electron chi connectivity index (χ4n) is 4.72. The molecule has 0 spiro atoms. The van der Waals surface area contributed by atoms with Crippen LogP contribution in [0.25, 0.3) is 22.2 Å². The molecule has 2 heterocycles. The molecule has 4 heteroatoms. The molecule has 1 atom stereocenters. The molecule has 0 amide bonds. The van der Waals surface area contributed by atoms with Crippen molar-refractivity contribution in [2.24, 2.45) is 7.05 Å². The molecule has 0 saturated carbocycles. The summed E-state index contributed by atoms with van der Waals surface area (Å²) in [5.74, 6) is 0. The summed E-state index contributed by atoms with van der Waals surface area (Å²) in [7, 11) is 1.97. The van der Waals surface area contributed by atoms with Crippen molar-refractivity contribution in [3.63, 3.8) is 0 Å². The topological polar surface area (TPSA) is 22.8 Å². The maximum Gasteiger partial charge on any atom is 0.202 e. The zero-order valence-electron chi connectivity index (χ0n) is 16.3. The van der Waals surface area contributed by atoms with Crippen LogP contribution in [0.2, 0.25) is 5.28 Å². The zero-order chi connectivity index (χ0) is 19.3. The summed E-state index contributed by atoms with van der Waals surface area (Å²) in [4.78, 5) is 4.26. The van der Waals surface area contributed by atoms with Gasteiger partial charge in [0, 0.05) is 29.2 Å². The van der Waals surface area contributed by atoms with E-state index in [1.165, 1.54) is 46.1 Å². The second-order valence-electron chi connectivity index (χ2n) is 7.79. The Morgan fingerprint density at radius 3 is 2.57 bits per heavy atom. The molecule has 3 nitrogen and oxygen atoms in total. The Balaban J connectivity index is 1.72. The molecule has 142 valence electrons. The van der Waals surface area contributed by atoms with E-state index in [2.05, 4.69) is 65.0 Å². The van der Waals surface area contributed by atoms with Gasteiger partial charge in [0.15, 0.2) is 0 Å². The number of aromatic nitrogens is 3. The number of halogens is 1. The third-order valence-corrected chi connectivity index (χ3v) is 6.56. The standard InChI is InChI=1S/C24H24ClN3/c1-16(17-8-4-3-5-9-17)28-21-11-7-6-10-19(21)20-14-18(12-13-22(20)28)23-15-26-24(25)27(23)2/h3-5,8-9,12-16H,6-7,10-11H2,1-2H3/t16-/m1/s1. The Hall–Kier alpha value is -2.52. The van der Waals surface area contributed by atoms with Crippen molar-refractivity contribution in [2.75, 3.05) is 0 Å². The number of fused-ring (bicyclic) bond motifs is 3. The van der Waals surface area contributed by atoms with E-state index < -0.39 is 0 Å². The van der Waals surface area contributed by atoms with Crippen molar-refractivity contribution in [1.82, 2.24) is 14.1 Å². The highest BCUT2D eigenvalue weighted by Gasteiger charge is 2.24. The molecule has 0 N–H and O–H groups in total. The minimum atomic E-state index is 0.322. The highest BCUT2D eigenvalue weighted by atomic mass is 35.5. The maximum absolute atomic E-state index is 6.17. The number of aryl methyl sites for hydroxylation is 1. The minimum absolute atomic E-state index is 0.322. The van der Waals surface area contributed by atoms with Crippen molar-refractivity contribution >= 4 is 22.5 Å². The molecule has 0 bridgehead atoms. The van der Waals surface area contributed by atoms with Gasteiger partial charge in [0.25, 0.3) is 0 Å². The van der Waals surface area contributed by atoms with E-state index >= 15 is 0 Å². The molecule has 2 aromatic carbocycles. The predicted molar refractivity (Wildman–Crippen MR) is 116 cm³/mol. The van der Waals surface area contributed by atoms with Crippen molar-refractivity contribution in [3.05, 3.63) is 76.8 Å². The summed E-state index contributed by atoms with van der Waals surface area (Å²) in [6.07, 6.45) is 6.73. The normalized spacial score (nSPS) is 15.0. The lowest BCUT2D eigenvalue weighted by Gasteiger charge is -2.22. The summed E-state index contributed by atoms with van der Waals surface area (Å²) in [6, 6.07) is 18.0. The van der Waals surface area contributed by atoms with Gasteiger partial charge in [0.2, 0.25) is 5.28 Å². The summed E-state index contributed by atoms with van der Waals surface area (Å²) in [5, 5.41) is 1.90. The van der Waals surface area contributed by atoms with Gasteiger partial charge in [0.1, 0.15) is 0 Å². The first-order valence-electron chi connectivity index (χ1n) is 10.0. The van der Waals surface area contributed by atoms with Crippen LogP contribution < -0.4 is 0 Å². The van der Waals surface area contributed by atoms with Crippen LogP contribution in [-0.4, -0.2) is 14.1 Å². The molecule has 1 aliphatic rings. The van der Waals surface area contributed by atoms with Gasteiger partial charge >= 0.3 is 0 Å². The first-order chi connectivity index (χ1) is 13.6. The Bertz CT molecular complexity index is 1150. The summed E-state index contributed by atoms with van der Waals surface area (Å²) >= 11 is 6.17. The lowest BCUT2D eigenvalue weighted by atomic mass is 9.94. The highest BCUT2D eigenvalue weighted by molar-refractivity contribution is 6.28. The fraction of sp³-hybridized carbons (Fsp3) is 0.292. The van der Waals surface area contributed by atoms with Crippen molar-refractivity contribution < 1.29 is 0 Å². The smallest absolute Gasteiger partial charge is 0.202 e. The van der Waals surface area contributed by atoms with Crippen molar-refractivity contribution in [3.8, 4) is 11.3 Å². The number of hydrogen-bond donors (Lipinski definition) is 0. The van der Waals surface area contributed by atoms with E-state index in [1.54, 1.807) is 0 Å². The summed E-state index contributed by atoms with van der Waals surface area (Å²) in [6.45, 7) is 2.32. The Morgan fingerprint density at radius 1 is 1.04 bits per heavy atom. The number of imidazole rings is 1. The van der Waals surface area contributed by atoms with Gasteiger partial charge in [0.05, 0.1) is 17.9 Å². The first kappa shape index (κ1) is 17.6. The monoisotopic (exact) mass is 389 g/mol. The van der Waals surface area contributed by atoms with Crippen LogP contribution in [0.5, 0.6) is 0 Å². The molecule has 28 heavy (non-hydrogen) atoms. The van der Waals surface area contributed by atoms with Crippen LogP contribution in [0, 0.1) is 0 Å². The quantitative estimate of drug-likeness (QED) is 0.410. The minimum Gasteiger partial charge on any atom is -0.337 e. The number of nitrogens with zero attached hydrogens (tertiary/aromatic N) is 3. The molecule has 1 aliphatic carbocycles. The van der Waals surface area contributed by atoms with Gasteiger partial charge in [-0.2, -0.15) is 0 Å². The van der Waals surface area contributed by atoms with E-state index in [9.17, 15) is 0 Å². The highest BCUT2D eigenvalue weighted by Crippen LogP contribution is 2.38. The second kappa shape index (κ2) is 6.82. The molecule has 0 unspecified atom stereocenters. The summed E-state index contributed by atoms with van der Waals surface area (Å²) in [5.41, 5.74) is 7.96. The molecule has 5 rings (SSSR count). The van der Waals surface area contributed by atoms with Crippen LogP contribution in [0.3, 0.4) is 0 Å². The third-order valence-electron chi connectivity index (χ3n) is 6.21. The van der Waals surface area contributed by atoms with Gasteiger partial charge in [-0.3, -0.25) is 0 Å². The Labute approximate surface area is 170 Å². The van der Waals surface area contributed by atoms with Crippen LogP contribution in [-0.2, 0) is 19.9 Å². The Morgan fingerprint density at radius 2 is 1.82 bits per heavy atom. The molecule has 0 aliphatic heterocycles. The van der Waals surface area contributed by atoms with Gasteiger partial charge in [-0.1, -0.05) is 36.4 Å². The van der Waals surface area contributed by atoms with Crippen LogP contribution in [0.4, 0.5) is 0 Å². The van der Waals surface area contributed by atoms with Gasteiger partial charge in [-0.15, -0.1) is 0 Å². The van der Waals surface area contributed by atoms with E-state index in [0.29, 0.717) is 11.3 Å². The fourth-order valence-corrected chi connectivity index (χ4v) is 4.86. The van der Waals surface area contributed by atoms with Crippen molar-refractivity contribution in [2.45, 2.75) is 38.6 Å². The average Bonchev–Trinajstić information content (AvgIpc) is 3.25. The predicted octanol–water partition coefficient (Wildman–Crippen LogP) is 6.18. The van der Waals surface area contributed by atoms with Crippen LogP contribution in [0.1, 0.15) is 42.6 Å². The third kappa shape index (κ3) is 2.68. The molecular weight excluding hydrogens is 366 g/mol. The van der Waals surface area contributed by atoms with E-state index in [-0.39, 0.29) is 0 Å². The Kier molecular flexibility index (Phi) is 4.28. The second-order valence-corrected chi connectivity index (χ2v) is 8.13. The van der Waals surface area contributed by atoms with Crippen molar-refractivity contribution in [1.29, 1.82) is 0 Å². The average molecular weight is 390 g/mol. The number of rotatable bonds is 3. The lowest BCUT2D eigenvalue weighted by Crippen LogP contribution is -2.13. The summed E-state index contributed by atoms with van der Waals surface area (Å²) < 4.78 is 4.51. The van der Waals surface area contributed by atoms with Gasteiger partial charge < -0.3 is 9.13 Å². The largest absolute Gasteiger partial charge is 0.337 e. The van der Waals surface area contributed by atoms with E-state index in [1.807, 2.05) is 17.8 Å². The molecule has 0 saturated heterocycles. The van der Waals surface area contributed by atoms with Gasteiger partial charge in [-0.05, 0) is 67.5 Å². The molecule has 4 aromatic rings. The SMILES string of the molecule is C[C@H](c1ccccc1)n1c2c(c3cc(-c4cnc(Cl)n4C)ccc31)CCCC2. The first-order valence-corrected chi connectivity index (χ1v) is 10.4. The zero-order valence-corrected chi connectivity index (χ0v) is 17.1. The number of hydrogen-bond acceptors (Lipinski definition) is 1.